The minimum Gasteiger partial charge on any atom is -0.351 e. The average molecular weight is 234 g/mol. The SMILES string of the molecule is ClCc1noc(-c2cc3ccccc3[nH]2)n1. The lowest BCUT2D eigenvalue weighted by Crippen LogP contribution is -1.80. The molecular weight excluding hydrogens is 226 g/mol. The van der Waals surface area contributed by atoms with Gasteiger partial charge in [0.15, 0.2) is 5.82 Å². The fourth-order valence-electron chi connectivity index (χ4n) is 1.61. The first-order valence-corrected chi connectivity index (χ1v) is 5.37. The number of nitrogens with zero attached hydrogens (tertiary/aromatic N) is 2. The molecule has 1 aromatic carbocycles. The van der Waals surface area contributed by atoms with Crippen LogP contribution < -0.4 is 0 Å². The molecule has 0 saturated carbocycles. The van der Waals surface area contributed by atoms with Crippen molar-refractivity contribution in [1.29, 1.82) is 0 Å². The number of alkyl halides is 1. The molecule has 4 nitrogen and oxygen atoms in total. The predicted octanol–water partition coefficient (Wildman–Crippen LogP) is 2.96. The van der Waals surface area contributed by atoms with Gasteiger partial charge < -0.3 is 9.51 Å². The van der Waals surface area contributed by atoms with E-state index in [-0.39, 0.29) is 5.88 Å². The van der Waals surface area contributed by atoms with Gasteiger partial charge in [-0.25, -0.2) is 0 Å². The smallest absolute Gasteiger partial charge is 0.274 e. The average Bonchev–Trinajstić information content (AvgIpc) is 2.95. The van der Waals surface area contributed by atoms with Crippen LogP contribution >= 0.6 is 11.6 Å². The fourth-order valence-corrected chi connectivity index (χ4v) is 1.71. The third-order valence-electron chi connectivity index (χ3n) is 2.35. The Labute approximate surface area is 96.2 Å². The van der Waals surface area contributed by atoms with Gasteiger partial charge in [-0.15, -0.1) is 11.6 Å². The van der Waals surface area contributed by atoms with Crippen molar-refractivity contribution < 1.29 is 4.52 Å². The first kappa shape index (κ1) is 9.42. The molecule has 0 atom stereocenters. The molecular formula is C11H8ClN3O. The Balaban J connectivity index is 2.11. The van der Waals surface area contributed by atoms with E-state index >= 15 is 0 Å². The Kier molecular flexibility index (Phi) is 2.15. The van der Waals surface area contributed by atoms with Crippen LogP contribution in [0.1, 0.15) is 5.82 Å². The highest BCUT2D eigenvalue weighted by molar-refractivity contribution is 6.16. The molecule has 16 heavy (non-hydrogen) atoms. The standard InChI is InChI=1S/C11H8ClN3O/c12-6-10-14-11(16-15-10)9-5-7-3-1-2-4-8(7)13-9/h1-5,13H,6H2. The first-order valence-electron chi connectivity index (χ1n) is 4.83. The van der Waals surface area contributed by atoms with Gasteiger partial charge in [-0.2, -0.15) is 4.98 Å². The summed E-state index contributed by atoms with van der Waals surface area (Å²) < 4.78 is 5.09. The molecule has 3 aromatic rings. The second-order valence-electron chi connectivity index (χ2n) is 3.42. The van der Waals surface area contributed by atoms with E-state index in [0.29, 0.717) is 11.7 Å². The second kappa shape index (κ2) is 3.64. The van der Waals surface area contributed by atoms with Crippen LogP contribution in [0.4, 0.5) is 0 Å². The topological polar surface area (TPSA) is 54.7 Å². The summed E-state index contributed by atoms with van der Waals surface area (Å²) in [6.45, 7) is 0. The number of H-pyrrole nitrogens is 1. The van der Waals surface area contributed by atoms with E-state index in [1.807, 2.05) is 30.3 Å². The summed E-state index contributed by atoms with van der Waals surface area (Å²) in [7, 11) is 0. The number of fused-ring (bicyclic) bond motifs is 1. The van der Waals surface area contributed by atoms with Crippen LogP contribution in [0.3, 0.4) is 0 Å². The van der Waals surface area contributed by atoms with Crippen LogP contribution in [0.2, 0.25) is 0 Å². The van der Waals surface area contributed by atoms with Gasteiger partial charge in [-0.05, 0) is 12.1 Å². The summed E-state index contributed by atoms with van der Waals surface area (Å²) in [5.74, 6) is 1.21. The molecule has 0 spiro atoms. The summed E-state index contributed by atoms with van der Waals surface area (Å²) in [6.07, 6.45) is 0. The third-order valence-corrected chi connectivity index (χ3v) is 2.59. The Morgan fingerprint density at radius 3 is 2.94 bits per heavy atom. The zero-order valence-corrected chi connectivity index (χ0v) is 9.03. The van der Waals surface area contributed by atoms with Gasteiger partial charge in [-0.1, -0.05) is 23.4 Å². The molecule has 0 aliphatic heterocycles. The second-order valence-corrected chi connectivity index (χ2v) is 3.69. The minimum absolute atomic E-state index is 0.254. The lowest BCUT2D eigenvalue weighted by molar-refractivity contribution is 0.424. The zero-order valence-electron chi connectivity index (χ0n) is 8.27. The van der Waals surface area contributed by atoms with Crippen molar-refractivity contribution in [2.24, 2.45) is 0 Å². The molecule has 0 amide bonds. The Bertz CT molecular complexity index is 596. The quantitative estimate of drug-likeness (QED) is 0.693. The summed E-state index contributed by atoms with van der Waals surface area (Å²) in [4.78, 5) is 7.36. The number of nitrogens with one attached hydrogen (secondary N) is 1. The van der Waals surface area contributed by atoms with Crippen LogP contribution in [0.25, 0.3) is 22.5 Å². The van der Waals surface area contributed by atoms with E-state index < -0.39 is 0 Å². The van der Waals surface area contributed by atoms with Crippen LogP contribution in [-0.4, -0.2) is 15.1 Å². The lowest BCUT2D eigenvalue weighted by Gasteiger charge is -1.85. The summed E-state index contributed by atoms with van der Waals surface area (Å²) in [5, 5.41) is 4.86. The van der Waals surface area contributed by atoms with Gasteiger partial charge in [0.1, 0.15) is 5.69 Å². The van der Waals surface area contributed by atoms with Crippen molar-refractivity contribution in [2.45, 2.75) is 5.88 Å². The van der Waals surface area contributed by atoms with Crippen molar-refractivity contribution in [3.8, 4) is 11.6 Å². The maximum absolute atomic E-state index is 5.61. The van der Waals surface area contributed by atoms with Gasteiger partial charge in [0.2, 0.25) is 0 Å². The molecule has 0 aliphatic carbocycles. The van der Waals surface area contributed by atoms with Crippen molar-refractivity contribution >= 4 is 22.5 Å². The summed E-state index contributed by atoms with van der Waals surface area (Å²) in [6, 6.07) is 9.95. The molecule has 0 radical (unpaired) electrons. The van der Waals surface area contributed by atoms with E-state index in [4.69, 9.17) is 16.1 Å². The number of rotatable bonds is 2. The van der Waals surface area contributed by atoms with Crippen LogP contribution in [0.15, 0.2) is 34.9 Å². The normalized spacial score (nSPS) is 11.1. The van der Waals surface area contributed by atoms with E-state index in [9.17, 15) is 0 Å². The maximum atomic E-state index is 5.61. The van der Waals surface area contributed by atoms with Crippen molar-refractivity contribution in [3.63, 3.8) is 0 Å². The van der Waals surface area contributed by atoms with E-state index in [2.05, 4.69) is 15.1 Å². The Morgan fingerprint density at radius 1 is 1.31 bits per heavy atom. The Morgan fingerprint density at radius 2 is 2.19 bits per heavy atom. The molecule has 0 bridgehead atoms. The minimum atomic E-state index is 0.254. The van der Waals surface area contributed by atoms with Gasteiger partial charge in [0.25, 0.3) is 5.89 Å². The van der Waals surface area contributed by atoms with Crippen LogP contribution in [0, 0.1) is 0 Å². The molecule has 0 fully saturated rings. The molecule has 5 heteroatoms. The van der Waals surface area contributed by atoms with Crippen molar-refractivity contribution in [3.05, 3.63) is 36.2 Å². The van der Waals surface area contributed by atoms with Gasteiger partial charge in [0.05, 0.1) is 5.88 Å². The number of hydrogen-bond donors (Lipinski definition) is 1. The van der Waals surface area contributed by atoms with E-state index in [1.54, 1.807) is 0 Å². The largest absolute Gasteiger partial charge is 0.351 e. The molecule has 0 saturated heterocycles. The van der Waals surface area contributed by atoms with E-state index in [0.717, 1.165) is 16.6 Å². The summed E-state index contributed by atoms with van der Waals surface area (Å²) >= 11 is 5.61. The van der Waals surface area contributed by atoms with Crippen LogP contribution in [0.5, 0.6) is 0 Å². The molecule has 1 N–H and O–H groups in total. The molecule has 3 rings (SSSR count). The number of benzene rings is 1. The van der Waals surface area contributed by atoms with E-state index in [1.165, 1.54) is 0 Å². The zero-order chi connectivity index (χ0) is 11.0. The molecule has 0 aliphatic rings. The first-order chi connectivity index (χ1) is 7.86. The lowest BCUT2D eigenvalue weighted by atomic mass is 10.2. The van der Waals surface area contributed by atoms with Crippen molar-refractivity contribution in [1.82, 2.24) is 15.1 Å². The van der Waals surface area contributed by atoms with Gasteiger partial charge >= 0.3 is 0 Å². The highest BCUT2D eigenvalue weighted by Gasteiger charge is 2.10. The predicted molar refractivity (Wildman–Crippen MR) is 61.1 cm³/mol. The monoisotopic (exact) mass is 233 g/mol. The number of aromatic amines is 1. The molecule has 2 heterocycles. The number of para-hydroxylation sites is 1. The molecule has 80 valence electrons. The van der Waals surface area contributed by atoms with Crippen molar-refractivity contribution in [2.75, 3.05) is 0 Å². The number of hydrogen-bond acceptors (Lipinski definition) is 3. The number of aromatic nitrogens is 3. The van der Waals surface area contributed by atoms with Gasteiger partial charge in [-0.3, -0.25) is 0 Å². The maximum Gasteiger partial charge on any atom is 0.274 e. The van der Waals surface area contributed by atoms with Crippen LogP contribution in [-0.2, 0) is 5.88 Å². The molecule has 2 aromatic heterocycles. The molecule has 0 unspecified atom stereocenters. The highest BCUT2D eigenvalue weighted by atomic mass is 35.5. The Hall–Kier alpha value is -1.81. The number of halogens is 1. The fraction of sp³-hybridized carbons (Fsp3) is 0.0909. The van der Waals surface area contributed by atoms with Gasteiger partial charge in [0, 0.05) is 10.9 Å². The third kappa shape index (κ3) is 1.47. The highest BCUT2D eigenvalue weighted by Crippen LogP contribution is 2.22. The summed E-state index contributed by atoms with van der Waals surface area (Å²) in [5.41, 5.74) is 1.85.